The van der Waals surface area contributed by atoms with Gasteiger partial charge in [0.1, 0.15) is 17.9 Å². The molecule has 0 radical (unpaired) electrons. The van der Waals surface area contributed by atoms with Gasteiger partial charge in [-0.15, -0.1) is 0 Å². The molecule has 2 aromatic heterocycles. The maximum absolute atomic E-state index is 8.88. The van der Waals surface area contributed by atoms with Crippen LogP contribution in [0.1, 0.15) is 19.8 Å². The lowest BCUT2D eigenvalue weighted by Gasteiger charge is -2.37. The maximum Gasteiger partial charge on any atom is 0.466 e. The van der Waals surface area contributed by atoms with Crippen LogP contribution in [0.15, 0.2) is 54.9 Å². The molecular weight excluding hydrogens is 509 g/mol. The summed E-state index contributed by atoms with van der Waals surface area (Å²) in [6, 6.07) is 17.0. The number of rotatable bonds is 5. The lowest BCUT2D eigenvalue weighted by molar-refractivity contribution is -0.120. The number of anilines is 1. The Bertz CT molecular complexity index is 1470. The number of hydrogen-bond donors (Lipinski definition) is 4. The molecule has 6 rings (SSSR count). The Morgan fingerprint density at radius 2 is 1.87 bits per heavy atom. The Hall–Kier alpha value is -3.05. The number of aromatic nitrogens is 3. The summed E-state index contributed by atoms with van der Waals surface area (Å²) < 4.78 is 22.3. The van der Waals surface area contributed by atoms with Crippen LogP contribution in [0.2, 0.25) is 0 Å². The lowest BCUT2D eigenvalue weighted by Crippen LogP contribution is -2.44. The average Bonchev–Trinajstić information content (AvgIpc) is 3.28. The van der Waals surface area contributed by atoms with Crippen LogP contribution in [0.25, 0.3) is 27.8 Å². The highest BCUT2D eigenvalue weighted by Gasteiger charge is 2.34. The number of piperidine rings is 1. The smallest absolute Gasteiger partial charge is 0.466 e. The molecule has 2 fully saturated rings. The van der Waals surface area contributed by atoms with Crippen LogP contribution in [0, 0.1) is 5.41 Å². The number of fused-ring (bicyclic) bond motifs is 2. The van der Waals surface area contributed by atoms with Gasteiger partial charge in [0.15, 0.2) is 0 Å². The highest BCUT2D eigenvalue weighted by Crippen LogP contribution is 2.31. The fourth-order valence-electron chi connectivity index (χ4n) is 4.71. The SMILES string of the molecule is CC1(COc2ccc3c(c2)ncn3-c2ccc3cccc(N4CCC(N)CC4)c3n2)COC1.O=P(O)(O)O. The van der Waals surface area contributed by atoms with E-state index in [0.29, 0.717) is 12.6 Å². The highest BCUT2D eigenvalue weighted by atomic mass is 31.2. The fourth-order valence-corrected chi connectivity index (χ4v) is 4.71. The number of nitrogens with zero attached hydrogens (tertiary/aromatic N) is 4. The number of phosphoric acid groups is 1. The van der Waals surface area contributed by atoms with E-state index in [1.54, 1.807) is 0 Å². The zero-order valence-electron chi connectivity index (χ0n) is 21.1. The summed E-state index contributed by atoms with van der Waals surface area (Å²) in [5, 5.41) is 1.14. The van der Waals surface area contributed by atoms with Crippen molar-refractivity contribution in [2.45, 2.75) is 25.8 Å². The second-order valence-corrected chi connectivity index (χ2v) is 11.2. The summed E-state index contributed by atoms with van der Waals surface area (Å²) in [4.78, 5) is 33.7. The molecule has 38 heavy (non-hydrogen) atoms. The Balaban J connectivity index is 0.000000540. The molecule has 0 amide bonds. The van der Waals surface area contributed by atoms with Gasteiger partial charge in [-0.2, -0.15) is 0 Å². The Morgan fingerprint density at radius 3 is 2.55 bits per heavy atom. The fraction of sp³-hybridized carbons (Fsp3) is 0.385. The first-order valence-corrected chi connectivity index (χ1v) is 14.0. The molecule has 4 aromatic rings. The molecule has 0 aliphatic carbocycles. The average molecular weight is 542 g/mol. The van der Waals surface area contributed by atoms with Crippen LogP contribution in [0.4, 0.5) is 5.69 Å². The molecule has 2 aliphatic rings. The van der Waals surface area contributed by atoms with Gasteiger partial charge in [0, 0.05) is 36.0 Å². The van der Waals surface area contributed by atoms with Gasteiger partial charge in [0.25, 0.3) is 0 Å². The molecule has 202 valence electrons. The molecule has 5 N–H and O–H groups in total. The van der Waals surface area contributed by atoms with E-state index in [-0.39, 0.29) is 5.41 Å². The minimum Gasteiger partial charge on any atom is -0.493 e. The zero-order valence-corrected chi connectivity index (χ0v) is 22.0. The molecular formula is C26H32N5O6P. The first-order valence-electron chi connectivity index (χ1n) is 12.4. The van der Waals surface area contributed by atoms with Gasteiger partial charge in [0.2, 0.25) is 0 Å². The molecule has 12 heteroatoms. The Labute approximate surface area is 220 Å². The number of imidazole rings is 1. The molecule has 11 nitrogen and oxygen atoms in total. The predicted octanol–water partition coefficient (Wildman–Crippen LogP) is 2.99. The van der Waals surface area contributed by atoms with Crippen molar-refractivity contribution in [2.24, 2.45) is 11.1 Å². The van der Waals surface area contributed by atoms with Gasteiger partial charge in [-0.1, -0.05) is 19.1 Å². The van der Waals surface area contributed by atoms with E-state index in [1.807, 2.05) is 23.0 Å². The van der Waals surface area contributed by atoms with Crippen molar-refractivity contribution >= 4 is 35.4 Å². The molecule has 2 aromatic carbocycles. The van der Waals surface area contributed by atoms with Gasteiger partial charge < -0.3 is 34.8 Å². The van der Waals surface area contributed by atoms with Crippen molar-refractivity contribution in [1.29, 1.82) is 0 Å². The summed E-state index contributed by atoms with van der Waals surface area (Å²) in [6.45, 7) is 6.27. The minimum atomic E-state index is -4.64. The summed E-state index contributed by atoms with van der Waals surface area (Å²) in [6.07, 6.45) is 3.86. The van der Waals surface area contributed by atoms with Crippen molar-refractivity contribution in [3.63, 3.8) is 0 Å². The number of para-hydroxylation sites is 1. The van der Waals surface area contributed by atoms with Crippen molar-refractivity contribution in [2.75, 3.05) is 37.8 Å². The van der Waals surface area contributed by atoms with Crippen LogP contribution in [0.5, 0.6) is 5.75 Å². The van der Waals surface area contributed by atoms with E-state index in [1.165, 1.54) is 5.69 Å². The van der Waals surface area contributed by atoms with Crippen LogP contribution in [-0.2, 0) is 9.30 Å². The van der Waals surface area contributed by atoms with Crippen LogP contribution in [0.3, 0.4) is 0 Å². The number of nitrogens with two attached hydrogens (primary N) is 1. The third-order valence-electron chi connectivity index (χ3n) is 6.82. The summed E-state index contributed by atoms with van der Waals surface area (Å²) >= 11 is 0. The Kier molecular flexibility index (Phi) is 7.41. The summed E-state index contributed by atoms with van der Waals surface area (Å²) in [5.74, 6) is 1.69. The lowest BCUT2D eigenvalue weighted by atomic mass is 9.90. The molecule has 0 unspecified atom stereocenters. The highest BCUT2D eigenvalue weighted by molar-refractivity contribution is 7.45. The summed E-state index contributed by atoms with van der Waals surface area (Å²) in [7, 11) is -4.64. The minimum absolute atomic E-state index is 0.112. The van der Waals surface area contributed by atoms with E-state index in [0.717, 1.165) is 72.6 Å². The Morgan fingerprint density at radius 1 is 1.13 bits per heavy atom. The first-order chi connectivity index (χ1) is 18.1. The number of benzene rings is 2. The third kappa shape index (κ3) is 6.15. The van der Waals surface area contributed by atoms with E-state index in [2.05, 4.69) is 53.2 Å². The van der Waals surface area contributed by atoms with E-state index < -0.39 is 7.82 Å². The zero-order chi connectivity index (χ0) is 26.9. The van der Waals surface area contributed by atoms with Crippen molar-refractivity contribution in [1.82, 2.24) is 14.5 Å². The molecule has 0 bridgehead atoms. The van der Waals surface area contributed by atoms with Gasteiger partial charge >= 0.3 is 7.82 Å². The quantitative estimate of drug-likeness (QED) is 0.277. The number of pyridine rings is 1. The topological polar surface area (TPSA) is 156 Å². The van der Waals surface area contributed by atoms with E-state index in [4.69, 9.17) is 39.4 Å². The van der Waals surface area contributed by atoms with Gasteiger partial charge in [-0.3, -0.25) is 4.57 Å². The second-order valence-electron chi connectivity index (χ2n) is 10.2. The van der Waals surface area contributed by atoms with Crippen molar-refractivity contribution in [3.8, 4) is 11.6 Å². The summed E-state index contributed by atoms with van der Waals surface area (Å²) in [5.41, 5.74) is 10.3. The standard InChI is InChI=1S/C26H29N5O2.H3O4P/c1-26(14-32-15-26)16-33-20-6-7-22-21(13-20)28-17-31(22)24-8-5-18-3-2-4-23(25(18)29-24)30-11-9-19(27)10-12-30;1-5(2,3)4/h2-8,13,17,19H,9-12,14-16,27H2,1H3;(H3,1,2,3,4). The molecule has 0 spiro atoms. The van der Waals surface area contributed by atoms with Crippen LogP contribution < -0.4 is 15.4 Å². The molecule has 2 saturated heterocycles. The van der Waals surface area contributed by atoms with Crippen molar-refractivity contribution < 1.29 is 28.7 Å². The maximum atomic E-state index is 8.88. The number of ether oxygens (including phenoxy) is 2. The second kappa shape index (κ2) is 10.6. The largest absolute Gasteiger partial charge is 0.493 e. The van der Waals surface area contributed by atoms with Gasteiger partial charge in [0.05, 0.1) is 42.1 Å². The van der Waals surface area contributed by atoms with Crippen molar-refractivity contribution in [3.05, 3.63) is 54.9 Å². The van der Waals surface area contributed by atoms with E-state index >= 15 is 0 Å². The van der Waals surface area contributed by atoms with Gasteiger partial charge in [-0.25, -0.2) is 14.5 Å². The predicted molar refractivity (Wildman–Crippen MR) is 144 cm³/mol. The monoisotopic (exact) mass is 541 g/mol. The third-order valence-corrected chi connectivity index (χ3v) is 6.82. The normalized spacial score (nSPS) is 17.7. The first kappa shape index (κ1) is 26.6. The van der Waals surface area contributed by atoms with Gasteiger partial charge in [-0.05, 0) is 43.2 Å². The molecule has 4 heterocycles. The molecule has 2 aliphatic heterocycles. The van der Waals surface area contributed by atoms with E-state index in [9.17, 15) is 0 Å². The van der Waals surface area contributed by atoms with Crippen LogP contribution in [-0.4, -0.2) is 68.2 Å². The number of hydrogen-bond acceptors (Lipinski definition) is 7. The van der Waals surface area contributed by atoms with Crippen LogP contribution >= 0.6 is 7.82 Å². The molecule has 0 atom stereocenters. The molecule has 0 saturated carbocycles.